The van der Waals surface area contributed by atoms with Gasteiger partial charge in [0.2, 0.25) is 24.5 Å². The summed E-state index contributed by atoms with van der Waals surface area (Å²) in [4.78, 5) is 46.6. The fraction of sp³-hybridized carbons (Fsp3) is 0.452. The van der Waals surface area contributed by atoms with Gasteiger partial charge in [0.15, 0.2) is 11.5 Å². The fourth-order valence-electron chi connectivity index (χ4n) is 5.32. The zero-order valence-electron chi connectivity index (χ0n) is 24.3. The van der Waals surface area contributed by atoms with E-state index in [1.54, 1.807) is 9.58 Å². The highest BCUT2D eigenvalue weighted by Crippen LogP contribution is 2.32. The third-order valence-electron chi connectivity index (χ3n) is 7.54. The molecule has 3 aromatic rings. The Kier molecular flexibility index (Phi) is 9.04. The van der Waals surface area contributed by atoms with Crippen LogP contribution in [-0.2, 0) is 33.8 Å². The van der Waals surface area contributed by atoms with E-state index in [0.29, 0.717) is 55.6 Å². The fourth-order valence-corrected chi connectivity index (χ4v) is 5.32. The maximum Gasteiger partial charge on any atom is 0.243 e. The molecule has 11 nitrogen and oxygen atoms in total. The number of hydrogen-bond acceptors (Lipinski definition) is 7. The number of ether oxygens (including phenoxy) is 2. The molecule has 0 radical (unpaired) electrons. The second-order valence-electron chi connectivity index (χ2n) is 11.1. The van der Waals surface area contributed by atoms with Crippen molar-refractivity contribution in [3.8, 4) is 11.5 Å². The summed E-state index contributed by atoms with van der Waals surface area (Å²) < 4.78 is 12.7. The number of nitrogens with zero attached hydrogens (tertiary/aromatic N) is 4. The van der Waals surface area contributed by atoms with Crippen molar-refractivity contribution in [3.05, 3.63) is 71.3 Å². The molecule has 3 heterocycles. The van der Waals surface area contributed by atoms with Gasteiger partial charge in [-0.15, -0.1) is 0 Å². The summed E-state index contributed by atoms with van der Waals surface area (Å²) >= 11 is 0. The molecule has 2 aliphatic rings. The van der Waals surface area contributed by atoms with Gasteiger partial charge in [0.25, 0.3) is 0 Å². The van der Waals surface area contributed by atoms with Crippen LogP contribution in [0.25, 0.3) is 0 Å². The molecule has 5 rings (SSSR count). The number of carbonyl (C=O) groups excluding carboxylic acids is 3. The number of amides is 3. The zero-order chi connectivity index (χ0) is 29.6. The summed E-state index contributed by atoms with van der Waals surface area (Å²) in [5.41, 5.74) is 1.77. The van der Waals surface area contributed by atoms with E-state index in [2.05, 4.69) is 20.7 Å². The predicted molar refractivity (Wildman–Crippen MR) is 155 cm³/mol. The molecular formula is C31H38N6O5. The number of fused-ring (bicyclic) bond motifs is 2. The maximum atomic E-state index is 13.6. The van der Waals surface area contributed by atoms with Crippen LogP contribution < -0.4 is 20.1 Å². The van der Waals surface area contributed by atoms with Crippen LogP contribution in [0.15, 0.2) is 48.5 Å². The summed E-state index contributed by atoms with van der Waals surface area (Å²) in [6, 6.07) is 13.9. The van der Waals surface area contributed by atoms with E-state index >= 15 is 0 Å². The lowest BCUT2D eigenvalue weighted by Gasteiger charge is -2.28. The standard InChI is InChI=1S/C31H38N6O5/c1-20(2)29-30-32-21(3)35-37(30)15-14-36(28(39)18-23-11-12-25-26(17-23)42-19-41-25)13-7-10-27(38)33-24(31(40)34-29)16-22-8-5-4-6-9-22/h4-6,8-9,11-12,17,20,24,29H,7,10,13-16,18-19H2,1-3H3,(H,33,38)(H,34,40)/t24-,29+/m0/s1. The Morgan fingerprint density at radius 3 is 2.57 bits per heavy atom. The molecule has 222 valence electrons. The van der Waals surface area contributed by atoms with E-state index in [4.69, 9.17) is 9.47 Å². The van der Waals surface area contributed by atoms with Crippen LogP contribution in [0, 0.1) is 12.8 Å². The van der Waals surface area contributed by atoms with Crippen molar-refractivity contribution in [2.45, 2.75) is 65.1 Å². The molecule has 42 heavy (non-hydrogen) atoms. The summed E-state index contributed by atoms with van der Waals surface area (Å²) in [7, 11) is 0. The van der Waals surface area contributed by atoms with Crippen LogP contribution in [0.1, 0.15) is 55.5 Å². The molecule has 0 aliphatic carbocycles. The number of carbonyl (C=O) groups is 3. The highest BCUT2D eigenvalue weighted by Gasteiger charge is 2.30. The smallest absolute Gasteiger partial charge is 0.243 e. The molecule has 0 fully saturated rings. The number of benzene rings is 2. The molecule has 1 aromatic heterocycles. The van der Waals surface area contributed by atoms with Crippen molar-refractivity contribution < 1.29 is 23.9 Å². The van der Waals surface area contributed by atoms with Crippen molar-refractivity contribution in [1.29, 1.82) is 0 Å². The molecule has 0 saturated carbocycles. The summed E-state index contributed by atoms with van der Waals surface area (Å²) in [6.45, 7) is 7.18. The Hall–Kier alpha value is -4.41. The van der Waals surface area contributed by atoms with Gasteiger partial charge in [-0.1, -0.05) is 50.2 Å². The van der Waals surface area contributed by atoms with Gasteiger partial charge in [-0.3, -0.25) is 14.4 Å². The van der Waals surface area contributed by atoms with Crippen LogP contribution >= 0.6 is 0 Å². The Morgan fingerprint density at radius 2 is 1.79 bits per heavy atom. The lowest BCUT2D eigenvalue weighted by molar-refractivity contribution is -0.131. The molecular weight excluding hydrogens is 536 g/mol. The van der Waals surface area contributed by atoms with Gasteiger partial charge in [0.05, 0.1) is 19.0 Å². The quantitative estimate of drug-likeness (QED) is 0.480. The molecule has 2 atom stereocenters. The molecule has 0 spiro atoms. The first-order valence-electron chi connectivity index (χ1n) is 14.5. The summed E-state index contributed by atoms with van der Waals surface area (Å²) in [6.07, 6.45) is 1.19. The second-order valence-corrected chi connectivity index (χ2v) is 11.1. The van der Waals surface area contributed by atoms with E-state index < -0.39 is 12.1 Å². The monoisotopic (exact) mass is 574 g/mol. The minimum absolute atomic E-state index is 0.000949. The molecule has 2 aliphatic heterocycles. The van der Waals surface area contributed by atoms with Crippen molar-refractivity contribution in [3.63, 3.8) is 0 Å². The Bertz CT molecular complexity index is 1420. The average Bonchev–Trinajstić information content (AvgIpc) is 3.58. The SMILES string of the molecule is Cc1nc2n(n1)CCN(C(=O)Cc1ccc3c(c1)OCO3)CCCC(=O)N[C@@H](Cc1ccccc1)C(=O)N[C@@H]2C(C)C. The molecule has 3 amide bonds. The minimum Gasteiger partial charge on any atom is -0.454 e. The zero-order valence-corrected chi connectivity index (χ0v) is 24.3. The number of aromatic nitrogens is 3. The average molecular weight is 575 g/mol. The Balaban J connectivity index is 1.39. The maximum absolute atomic E-state index is 13.6. The number of aryl methyl sites for hydroxylation is 1. The number of rotatable bonds is 5. The van der Waals surface area contributed by atoms with Crippen molar-refractivity contribution in [1.82, 2.24) is 30.3 Å². The topological polar surface area (TPSA) is 128 Å². The molecule has 0 unspecified atom stereocenters. The first kappa shape index (κ1) is 29.1. The number of nitrogens with one attached hydrogen (secondary N) is 2. The third kappa shape index (κ3) is 7.07. The third-order valence-corrected chi connectivity index (χ3v) is 7.54. The normalized spacial score (nSPS) is 19.6. The lowest BCUT2D eigenvalue weighted by Crippen LogP contribution is -2.50. The van der Waals surface area contributed by atoms with E-state index in [9.17, 15) is 14.4 Å². The van der Waals surface area contributed by atoms with Gasteiger partial charge in [-0.25, -0.2) is 9.67 Å². The van der Waals surface area contributed by atoms with E-state index in [1.165, 1.54) is 0 Å². The van der Waals surface area contributed by atoms with Crippen molar-refractivity contribution >= 4 is 17.7 Å². The van der Waals surface area contributed by atoms with Crippen LogP contribution in [-0.4, -0.2) is 63.3 Å². The summed E-state index contributed by atoms with van der Waals surface area (Å²) in [5.74, 6) is 1.95. The van der Waals surface area contributed by atoms with E-state index in [1.807, 2.05) is 69.3 Å². The van der Waals surface area contributed by atoms with E-state index in [-0.39, 0.29) is 43.3 Å². The highest BCUT2D eigenvalue weighted by atomic mass is 16.7. The minimum atomic E-state index is -0.759. The van der Waals surface area contributed by atoms with Gasteiger partial charge < -0.3 is 25.0 Å². The van der Waals surface area contributed by atoms with Gasteiger partial charge in [0, 0.05) is 25.9 Å². The van der Waals surface area contributed by atoms with Crippen molar-refractivity contribution in [2.75, 3.05) is 19.9 Å². The molecule has 2 aromatic carbocycles. The first-order valence-corrected chi connectivity index (χ1v) is 14.5. The summed E-state index contributed by atoms with van der Waals surface area (Å²) in [5, 5.41) is 10.7. The lowest BCUT2D eigenvalue weighted by atomic mass is 10.0. The van der Waals surface area contributed by atoms with Gasteiger partial charge in [-0.2, -0.15) is 5.10 Å². The predicted octanol–water partition coefficient (Wildman–Crippen LogP) is 2.72. The second kappa shape index (κ2) is 13.1. The van der Waals surface area contributed by atoms with Crippen LogP contribution in [0.4, 0.5) is 0 Å². The molecule has 0 saturated heterocycles. The van der Waals surface area contributed by atoms with E-state index in [0.717, 1.165) is 11.1 Å². The van der Waals surface area contributed by atoms with Crippen LogP contribution in [0.3, 0.4) is 0 Å². The van der Waals surface area contributed by atoms with Gasteiger partial charge >= 0.3 is 0 Å². The van der Waals surface area contributed by atoms with Gasteiger partial charge in [-0.05, 0) is 42.5 Å². The first-order chi connectivity index (χ1) is 20.3. The highest BCUT2D eigenvalue weighted by molar-refractivity contribution is 5.88. The molecule has 11 heteroatoms. The Labute approximate surface area is 245 Å². The molecule has 2 N–H and O–H groups in total. The van der Waals surface area contributed by atoms with Crippen LogP contribution in [0.5, 0.6) is 11.5 Å². The van der Waals surface area contributed by atoms with Crippen LogP contribution in [0.2, 0.25) is 0 Å². The number of hydrogen-bond donors (Lipinski definition) is 2. The Morgan fingerprint density at radius 1 is 1.00 bits per heavy atom. The van der Waals surface area contributed by atoms with Gasteiger partial charge in [0.1, 0.15) is 17.7 Å². The van der Waals surface area contributed by atoms with Crippen molar-refractivity contribution in [2.24, 2.45) is 5.92 Å². The molecule has 0 bridgehead atoms. The largest absolute Gasteiger partial charge is 0.454 e.